The summed E-state index contributed by atoms with van der Waals surface area (Å²) in [5.74, 6) is -0.150. The summed E-state index contributed by atoms with van der Waals surface area (Å²) >= 11 is 0. The number of nitrogens with zero attached hydrogens (tertiary/aromatic N) is 1. The number of benzene rings is 2. The smallest absolute Gasteiger partial charge is 0.279 e. The molecule has 1 aliphatic rings. The Labute approximate surface area is 171 Å². The highest BCUT2D eigenvalue weighted by molar-refractivity contribution is 7.88. The molecule has 8 heteroatoms. The Hall–Kier alpha value is -2.55. The van der Waals surface area contributed by atoms with Crippen molar-refractivity contribution < 1.29 is 22.9 Å². The van der Waals surface area contributed by atoms with Gasteiger partial charge in [-0.2, -0.15) is 4.31 Å². The Kier molecular flexibility index (Phi) is 6.79. The average molecular weight is 417 g/mol. The molecule has 2 N–H and O–H groups in total. The molecule has 0 spiro atoms. The Bertz CT molecular complexity index is 951. The lowest BCUT2D eigenvalue weighted by molar-refractivity contribution is -0.895. The molecule has 1 fully saturated rings. The molecule has 1 heterocycles. The second kappa shape index (κ2) is 9.30. The van der Waals surface area contributed by atoms with Gasteiger partial charge in [-0.25, -0.2) is 8.42 Å². The number of piperazine rings is 1. The fourth-order valence-electron chi connectivity index (χ4n) is 3.35. The third-order valence-electron chi connectivity index (χ3n) is 5.00. The highest BCUT2D eigenvalue weighted by Crippen LogP contribution is 2.11. The lowest BCUT2D eigenvalue weighted by Crippen LogP contribution is -3.15. The number of hydrogen-bond acceptors (Lipinski definition) is 4. The number of nitrogens with one attached hydrogen (secondary N) is 2. The van der Waals surface area contributed by atoms with Crippen LogP contribution in [0.15, 0.2) is 54.6 Å². The molecule has 7 nitrogen and oxygen atoms in total. The Morgan fingerprint density at radius 3 is 2.21 bits per heavy atom. The molecule has 0 unspecified atom stereocenters. The second-order valence-corrected chi connectivity index (χ2v) is 9.22. The van der Waals surface area contributed by atoms with Crippen molar-refractivity contribution in [3.05, 3.63) is 65.7 Å². The lowest BCUT2D eigenvalue weighted by Gasteiger charge is -2.31. The summed E-state index contributed by atoms with van der Waals surface area (Å²) < 4.78 is 26.7. The van der Waals surface area contributed by atoms with Gasteiger partial charge in [-0.1, -0.05) is 30.3 Å². The van der Waals surface area contributed by atoms with E-state index in [4.69, 9.17) is 0 Å². The zero-order valence-electron chi connectivity index (χ0n) is 16.4. The van der Waals surface area contributed by atoms with E-state index in [1.807, 2.05) is 30.3 Å². The van der Waals surface area contributed by atoms with Crippen LogP contribution in [-0.2, 0) is 20.6 Å². The molecule has 2 aromatic carbocycles. The molecule has 3 rings (SSSR count). The van der Waals surface area contributed by atoms with Crippen molar-refractivity contribution in [3.63, 3.8) is 0 Å². The van der Waals surface area contributed by atoms with Crippen LogP contribution in [0.25, 0.3) is 0 Å². The van der Waals surface area contributed by atoms with Crippen LogP contribution in [0.3, 0.4) is 0 Å². The van der Waals surface area contributed by atoms with Crippen molar-refractivity contribution in [2.45, 2.75) is 12.7 Å². The minimum absolute atomic E-state index is 0.0000817. The lowest BCUT2D eigenvalue weighted by atomic mass is 10.1. The van der Waals surface area contributed by atoms with Gasteiger partial charge >= 0.3 is 0 Å². The van der Waals surface area contributed by atoms with E-state index >= 15 is 0 Å². The summed E-state index contributed by atoms with van der Waals surface area (Å²) in [5, 5.41) is 2.83. The third-order valence-corrected chi connectivity index (χ3v) is 6.85. The third kappa shape index (κ3) is 5.96. The predicted molar refractivity (Wildman–Crippen MR) is 111 cm³/mol. The molecular weight excluding hydrogens is 390 g/mol. The van der Waals surface area contributed by atoms with Crippen molar-refractivity contribution in [1.82, 2.24) is 4.31 Å². The van der Waals surface area contributed by atoms with Crippen LogP contribution in [0, 0.1) is 0 Å². The van der Waals surface area contributed by atoms with Crippen LogP contribution in [0.5, 0.6) is 0 Å². The van der Waals surface area contributed by atoms with E-state index in [-0.39, 0.29) is 24.0 Å². The number of carbonyl (C=O) groups is 2. The first-order valence-corrected chi connectivity index (χ1v) is 11.2. The predicted octanol–water partition coefficient (Wildman–Crippen LogP) is 0.558. The van der Waals surface area contributed by atoms with E-state index in [9.17, 15) is 18.0 Å². The van der Waals surface area contributed by atoms with Crippen LogP contribution in [0.2, 0.25) is 0 Å². The van der Waals surface area contributed by atoms with Gasteiger partial charge in [0.1, 0.15) is 0 Å². The molecule has 0 atom stereocenters. The molecule has 29 heavy (non-hydrogen) atoms. The van der Waals surface area contributed by atoms with E-state index in [1.54, 1.807) is 24.3 Å². The Morgan fingerprint density at radius 2 is 1.62 bits per heavy atom. The molecule has 154 valence electrons. The van der Waals surface area contributed by atoms with Crippen molar-refractivity contribution in [2.75, 3.05) is 38.0 Å². The molecule has 0 aliphatic carbocycles. The van der Waals surface area contributed by atoms with E-state index < -0.39 is 10.0 Å². The molecule has 0 saturated carbocycles. The number of ketones is 1. The summed E-state index contributed by atoms with van der Waals surface area (Å²) in [5.41, 5.74) is 2.02. The van der Waals surface area contributed by atoms with Crippen LogP contribution in [0.4, 0.5) is 5.69 Å². The SMILES string of the molecule is CC(=O)c1ccc(NC(=O)C[NH+]2CCN(S(=O)(=O)Cc3ccccc3)CC2)cc1. The Balaban J connectivity index is 1.47. The van der Waals surface area contributed by atoms with Crippen molar-refractivity contribution >= 4 is 27.4 Å². The summed E-state index contributed by atoms with van der Waals surface area (Å²) in [7, 11) is -3.36. The normalized spacial score (nSPS) is 15.8. The van der Waals surface area contributed by atoms with E-state index in [1.165, 1.54) is 11.2 Å². The summed E-state index contributed by atoms with van der Waals surface area (Å²) in [6.45, 7) is 3.77. The summed E-state index contributed by atoms with van der Waals surface area (Å²) in [6, 6.07) is 15.9. The number of anilines is 1. The van der Waals surface area contributed by atoms with Crippen LogP contribution in [-0.4, -0.2) is 57.1 Å². The molecule has 0 bridgehead atoms. The first-order valence-electron chi connectivity index (χ1n) is 9.60. The molecule has 2 aromatic rings. The monoisotopic (exact) mass is 416 g/mol. The van der Waals surface area contributed by atoms with Gasteiger partial charge in [0, 0.05) is 11.3 Å². The largest absolute Gasteiger partial charge is 0.325 e. The molecule has 0 radical (unpaired) electrons. The van der Waals surface area contributed by atoms with Crippen LogP contribution in [0.1, 0.15) is 22.8 Å². The highest BCUT2D eigenvalue weighted by Gasteiger charge is 2.30. The fourth-order valence-corrected chi connectivity index (χ4v) is 4.89. The number of quaternary nitrogens is 1. The highest BCUT2D eigenvalue weighted by atomic mass is 32.2. The minimum Gasteiger partial charge on any atom is -0.325 e. The first kappa shape index (κ1) is 21.2. The number of rotatable bonds is 7. The van der Waals surface area contributed by atoms with E-state index in [0.717, 1.165) is 10.5 Å². The van der Waals surface area contributed by atoms with Gasteiger partial charge < -0.3 is 10.2 Å². The van der Waals surface area contributed by atoms with E-state index in [2.05, 4.69) is 5.32 Å². The number of hydrogen-bond donors (Lipinski definition) is 2. The van der Waals surface area contributed by atoms with Gasteiger partial charge in [-0.3, -0.25) is 9.59 Å². The number of carbonyl (C=O) groups excluding carboxylic acids is 2. The van der Waals surface area contributed by atoms with Gasteiger partial charge in [0.05, 0.1) is 31.9 Å². The Morgan fingerprint density at radius 1 is 1.00 bits per heavy atom. The maximum absolute atomic E-state index is 12.6. The van der Waals surface area contributed by atoms with Crippen molar-refractivity contribution in [3.8, 4) is 0 Å². The minimum atomic E-state index is -3.36. The van der Waals surface area contributed by atoms with E-state index in [0.29, 0.717) is 37.4 Å². The molecular formula is C21H26N3O4S+. The number of Topliss-reactive ketones (excluding diaryl/α,β-unsaturated/α-hetero) is 1. The maximum Gasteiger partial charge on any atom is 0.279 e. The topological polar surface area (TPSA) is 88.0 Å². The van der Waals surface area contributed by atoms with Gasteiger partial charge in [0.2, 0.25) is 10.0 Å². The quantitative estimate of drug-likeness (QED) is 0.646. The molecule has 1 saturated heterocycles. The van der Waals surface area contributed by atoms with Crippen molar-refractivity contribution in [2.24, 2.45) is 0 Å². The second-order valence-electron chi connectivity index (χ2n) is 7.25. The molecule has 1 aliphatic heterocycles. The summed E-state index contributed by atoms with van der Waals surface area (Å²) in [6.07, 6.45) is 0. The zero-order valence-corrected chi connectivity index (χ0v) is 17.2. The maximum atomic E-state index is 12.6. The van der Waals surface area contributed by atoms with Crippen LogP contribution >= 0.6 is 0 Å². The van der Waals surface area contributed by atoms with Gasteiger partial charge in [0.25, 0.3) is 5.91 Å². The van der Waals surface area contributed by atoms with Crippen LogP contribution < -0.4 is 10.2 Å². The van der Waals surface area contributed by atoms with Gasteiger partial charge in [0.15, 0.2) is 12.3 Å². The number of sulfonamides is 1. The average Bonchev–Trinajstić information content (AvgIpc) is 2.69. The molecule has 0 aromatic heterocycles. The molecule has 1 amide bonds. The zero-order chi connectivity index (χ0) is 20.9. The summed E-state index contributed by atoms with van der Waals surface area (Å²) in [4.78, 5) is 24.6. The van der Waals surface area contributed by atoms with Gasteiger partial charge in [-0.05, 0) is 36.8 Å². The van der Waals surface area contributed by atoms with Crippen molar-refractivity contribution in [1.29, 1.82) is 0 Å². The first-order chi connectivity index (χ1) is 13.8. The van der Waals surface area contributed by atoms with Gasteiger partial charge in [-0.15, -0.1) is 0 Å². The fraction of sp³-hybridized carbons (Fsp3) is 0.333. The number of amides is 1. The standard InChI is InChI=1S/C21H25N3O4S/c1-17(25)19-7-9-20(10-8-19)22-21(26)15-23-11-13-24(14-12-23)29(27,28)16-18-5-3-2-4-6-18/h2-10H,11-16H2,1H3,(H,22,26)/p+1.